The SMILES string of the molecule is CCCO.Cc1cccc(O)c1. The number of aliphatic hydroxyl groups is 1. The molecule has 2 heteroatoms. The van der Waals surface area contributed by atoms with Gasteiger partial charge in [-0.3, -0.25) is 0 Å². The number of aryl methyl sites for hydroxylation is 1. The summed E-state index contributed by atoms with van der Waals surface area (Å²) in [5.74, 6) is 0.338. The van der Waals surface area contributed by atoms with Gasteiger partial charge in [0.1, 0.15) is 5.75 Å². The molecule has 0 saturated heterocycles. The lowest BCUT2D eigenvalue weighted by molar-refractivity contribution is 0.295. The summed E-state index contributed by atoms with van der Waals surface area (Å²) in [6, 6.07) is 7.15. The third-order valence-electron chi connectivity index (χ3n) is 1.23. The quantitative estimate of drug-likeness (QED) is 0.674. The molecule has 68 valence electrons. The number of aromatic hydroxyl groups is 1. The monoisotopic (exact) mass is 168 g/mol. The van der Waals surface area contributed by atoms with Gasteiger partial charge in [0, 0.05) is 6.61 Å². The van der Waals surface area contributed by atoms with E-state index in [2.05, 4.69) is 0 Å². The molecule has 0 saturated carbocycles. The highest BCUT2D eigenvalue weighted by molar-refractivity contribution is 5.25. The van der Waals surface area contributed by atoms with Gasteiger partial charge in [0.25, 0.3) is 0 Å². The van der Waals surface area contributed by atoms with Crippen molar-refractivity contribution < 1.29 is 10.2 Å². The Balaban J connectivity index is 0.000000261. The predicted octanol–water partition coefficient (Wildman–Crippen LogP) is 2.09. The minimum Gasteiger partial charge on any atom is -0.508 e. The predicted molar refractivity (Wildman–Crippen MR) is 50.2 cm³/mol. The second-order valence-corrected chi connectivity index (χ2v) is 2.56. The average Bonchev–Trinajstić information content (AvgIpc) is 2.04. The van der Waals surface area contributed by atoms with Crippen LogP contribution in [0.25, 0.3) is 0 Å². The standard InChI is InChI=1S/C7H8O.C3H8O/c1-6-3-2-4-7(8)5-6;1-2-3-4/h2-5,8H,1H3;4H,2-3H2,1H3. The first-order valence-electron chi connectivity index (χ1n) is 4.07. The van der Waals surface area contributed by atoms with Crippen molar-refractivity contribution in [1.82, 2.24) is 0 Å². The van der Waals surface area contributed by atoms with Crippen molar-refractivity contribution in [2.45, 2.75) is 20.3 Å². The smallest absolute Gasteiger partial charge is 0.115 e. The first kappa shape index (κ1) is 11.0. The van der Waals surface area contributed by atoms with Gasteiger partial charge in [0.15, 0.2) is 0 Å². The van der Waals surface area contributed by atoms with E-state index >= 15 is 0 Å². The molecular weight excluding hydrogens is 152 g/mol. The molecule has 1 rings (SSSR count). The maximum Gasteiger partial charge on any atom is 0.115 e. The van der Waals surface area contributed by atoms with Crippen LogP contribution in [0.2, 0.25) is 0 Å². The summed E-state index contributed by atoms with van der Waals surface area (Å²) in [6.07, 6.45) is 0.875. The molecule has 0 radical (unpaired) electrons. The lowest BCUT2D eigenvalue weighted by Gasteiger charge is -1.89. The van der Waals surface area contributed by atoms with Crippen molar-refractivity contribution in [2.24, 2.45) is 0 Å². The summed E-state index contributed by atoms with van der Waals surface area (Å²) >= 11 is 0. The summed E-state index contributed by atoms with van der Waals surface area (Å²) in [5, 5.41) is 16.7. The topological polar surface area (TPSA) is 40.5 Å². The lowest BCUT2D eigenvalue weighted by Crippen LogP contribution is -1.69. The highest BCUT2D eigenvalue weighted by Crippen LogP contribution is 2.08. The van der Waals surface area contributed by atoms with Crippen LogP contribution < -0.4 is 0 Å². The Bertz CT molecular complexity index is 189. The Hall–Kier alpha value is -1.02. The maximum atomic E-state index is 8.81. The molecular formula is C10H16O2. The number of rotatable bonds is 1. The van der Waals surface area contributed by atoms with Crippen molar-refractivity contribution in [2.75, 3.05) is 6.61 Å². The zero-order valence-corrected chi connectivity index (χ0v) is 7.62. The summed E-state index contributed by atoms with van der Waals surface area (Å²) in [4.78, 5) is 0. The first-order chi connectivity index (χ1) is 5.70. The third kappa shape index (κ3) is 5.74. The maximum absolute atomic E-state index is 8.81. The van der Waals surface area contributed by atoms with E-state index in [1.54, 1.807) is 12.1 Å². The van der Waals surface area contributed by atoms with Gasteiger partial charge in [-0.05, 0) is 31.0 Å². The molecule has 0 aliphatic carbocycles. The molecule has 0 amide bonds. The number of hydrogen-bond donors (Lipinski definition) is 2. The van der Waals surface area contributed by atoms with Gasteiger partial charge >= 0.3 is 0 Å². The van der Waals surface area contributed by atoms with E-state index in [-0.39, 0.29) is 0 Å². The molecule has 0 aromatic heterocycles. The van der Waals surface area contributed by atoms with Gasteiger partial charge in [-0.15, -0.1) is 0 Å². The van der Waals surface area contributed by atoms with Gasteiger partial charge < -0.3 is 10.2 Å². The van der Waals surface area contributed by atoms with E-state index in [0.29, 0.717) is 12.4 Å². The molecule has 0 unspecified atom stereocenters. The number of hydrogen-bond acceptors (Lipinski definition) is 2. The highest BCUT2D eigenvalue weighted by Gasteiger charge is 1.83. The molecule has 1 aromatic carbocycles. The highest BCUT2D eigenvalue weighted by atomic mass is 16.3. The van der Waals surface area contributed by atoms with E-state index in [0.717, 1.165) is 12.0 Å². The third-order valence-corrected chi connectivity index (χ3v) is 1.23. The fraction of sp³-hybridized carbons (Fsp3) is 0.400. The Labute approximate surface area is 73.5 Å². The molecule has 0 heterocycles. The minimum absolute atomic E-state index is 0.319. The lowest BCUT2D eigenvalue weighted by atomic mass is 10.2. The zero-order chi connectivity index (χ0) is 9.40. The first-order valence-corrected chi connectivity index (χ1v) is 4.07. The normalized spacial score (nSPS) is 8.58. The number of aliphatic hydroxyl groups excluding tert-OH is 1. The van der Waals surface area contributed by atoms with Gasteiger partial charge in [-0.1, -0.05) is 19.1 Å². The van der Waals surface area contributed by atoms with E-state index in [4.69, 9.17) is 10.2 Å². The van der Waals surface area contributed by atoms with Crippen molar-refractivity contribution in [3.8, 4) is 5.75 Å². The van der Waals surface area contributed by atoms with E-state index in [9.17, 15) is 0 Å². The Morgan fingerprint density at radius 1 is 1.33 bits per heavy atom. The van der Waals surface area contributed by atoms with Gasteiger partial charge in [0.05, 0.1) is 0 Å². The van der Waals surface area contributed by atoms with E-state index in [1.807, 2.05) is 26.0 Å². The van der Waals surface area contributed by atoms with Crippen LogP contribution >= 0.6 is 0 Å². The van der Waals surface area contributed by atoms with Gasteiger partial charge in [0.2, 0.25) is 0 Å². The molecule has 2 N–H and O–H groups in total. The van der Waals surface area contributed by atoms with Crippen molar-refractivity contribution >= 4 is 0 Å². The van der Waals surface area contributed by atoms with Crippen molar-refractivity contribution in [3.63, 3.8) is 0 Å². The Kier molecular flexibility index (Phi) is 6.11. The second kappa shape index (κ2) is 6.68. The average molecular weight is 168 g/mol. The molecule has 12 heavy (non-hydrogen) atoms. The largest absolute Gasteiger partial charge is 0.508 e. The van der Waals surface area contributed by atoms with Gasteiger partial charge in [-0.2, -0.15) is 0 Å². The number of benzene rings is 1. The summed E-state index contributed by atoms with van der Waals surface area (Å²) in [5.41, 5.74) is 1.09. The van der Waals surface area contributed by atoms with Crippen LogP contribution in [0.1, 0.15) is 18.9 Å². The molecule has 0 fully saturated rings. The Morgan fingerprint density at radius 2 is 1.92 bits per heavy atom. The molecule has 0 atom stereocenters. The second-order valence-electron chi connectivity index (χ2n) is 2.56. The molecule has 0 bridgehead atoms. The fourth-order valence-electron chi connectivity index (χ4n) is 0.628. The van der Waals surface area contributed by atoms with Crippen LogP contribution in [0, 0.1) is 6.92 Å². The molecule has 0 aliphatic rings. The molecule has 2 nitrogen and oxygen atoms in total. The summed E-state index contributed by atoms with van der Waals surface area (Å²) in [6.45, 7) is 4.19. The minimum atomic E-state index is 0.319. The summed E-state index contributed by atoms with van der Waals surface area (Å²) in [7, 11) is 0. The zero-order valence-electron chi connectivity index (χ0n) is 7.62. The molecule has 1 aromatic rings. The number of phenols is 1. The van der Waals surface area contributed by atoms with Crippen LogP contribution in [0.15, 0.2) is 24.3 Å². The molecule has 0 aliphatic heterocycles. The van der Waals surface area contributed by atoms with E-state index in [1.165, 1.54) is 0 Å². The van der Waals surface area contributed by atoms with Crippen LogP contribution in [0.4, 0.5) is 0 Å². The van der Waals surface area contributed by atoms with Crippen LogP contribution in [0.3, 0.4) is 0 Å². The number of phenolic OH excluding ortho intramolecular Hbond substituents is 1. The van der Waals surface area contributed by atoms with Crippen LogP contribution in [-0.2, 0) is 0 Å². The summed E-state index contributed by atoms with van der Waals surface area (Å²) < 4.78 is 0. The van der Waals surface area contributed by atoms with Crippen molar-refractivity contribution in [1.29, 1.82) is 0 Å². The van der Waals surface area contributed by atoms with Crippen molar-refractivity contribution in [3.05, 3.63) is 29.8 Å². The van der Waals surface area contributed by atoms with Crippen LogP contribution in [-0.4, -0.2) is 16.8 Å². The van der Waals surface area contributed by atoms with E-state index < -0.39 is 0 Å². The molecule has 0 spiro atoms. The Morgan fingerprint density at radius 3 is 2.17 bits per heavy atom. The van der Waals surface area contributed by atoms with Crippen LogP contribution in [0.5, 0.6) is 5.75 Å². The fourth-order valence-corrected chi connectivity index (χ4v) is 0.628. The van der Waals surface area contributed by atoms with Gasteiger partial charge in [-0.25, -0.2) is 0 Å².